The molecule has 0 bridgehead atoms. The summed E-state index contributed by atoms with van der Waals surface area (Å²) in [5.41, 5.74) is 1.44. The minimum absolute atomic E-state index is 0.363. The van der Waals surface area contributed by atoms with E-state index in [0.29, 0.717) is 12.0 Å². The Bertz CT molecular complexity index is 163. The Morgan fingerprint density at radius 1 is 1.60 bits per heavy atom. The van der Waals surface area contributed by atoms with Gasteiger partial charge in [-0.15, -0.1) is 0 Å². The van der Waals surface area contributed by atoms with Crippen molar-refractivity contribution in [3.63, 3.8) is 0 Å². The van der Waals surface area contributed by atoms with Crippen LogP contribution in [0.2, 0.25) is 0 Å². The molecule has 2 rings (SSSR count). The molecule has 0 spiro atoms. The summed E-state index contributed by atoms with van der Waals surface area (Å²) in [6.45, 7) is 4.58. The summed E-state index contributed by atoms with van der Waals surface area (Å²) in [6, 6.07) is 0. The van der Waals surface area contributed by atoms with Gasteiger partial charge in [-0.1, -0.05) is 6.08 Å². The first kappa shape index (κ1) is 6.38. The third-order valence-corrected chi connectivity index (χ3v) is 2.31. The van der Waals surface area contributed by atoms with Crippen LogP contribution >= 0.6 is 0 Å². The largest absolute Gasteiger partial charge is 0.376 e. The SMILES string of the molecule is C[C@H]1OCC=C2COC[C@H]21. The van der Waals surface area contributed by atoms with Gasteiger partial charge in [0.1, 0.15) is 0 Å². The van der Waals surface area contributed by atoms with Crippen LogP contribution in [0.15, 0.2) is 11.6 Å². The molecule has 1 saturated heterocycles. The van der Waals surface area contributed by atoms with Gasteiger partial charge in [-0.05, 0) is 12.5 Å². The minimum Gasteiger partial charge on any atom is -0.376 e. The predicted molar refractivity (Wildman–Crippen MR) is 37.8 cm³/mol. The fraction of sp³-hybridized carbons (Fsp3) is 0.750. The average molecular weight is 140 g/mol. The molecule has 0 saturated carbocycles. The quantitative estimate of drug-likeness (QED) is 0.467. The maximum atomic E-state index is 5.44. The Balaban J connectivity index is 2.18. The molecule has 0 aliphatic carbocycles. The van der Waals surface area contributed by atoms with E-state index in [1.54, 1.807) is 0 Å². The Labute approximate surface area is 60.8 Å². The maximum Gasteiger partial charge on any atom is 0.0682 e. The van der Waals surface area contributed by atoms with Crippen molar-refractivity contribution in [2.75, 3.05) is 19.8 Å². The number of rotatable bonds is 0. The molecule has 2 aliphatic heterocycles. The Hall–Kier alpha value is -0.340. The van der Waals surface area contributed by atoms with Gasteiger partial charge in [0.25, 0.3) is 0 Å². The van der Waals surface area contributed by atoms with Crippen molar-refractivity contribution >= 4 is 0 Å². The van der Waals surface area contributed by atoms with E-state index in [-0.39, 0.29) is 0 Å². The van der Waals surface area contributed by atoms with E-state index >= 15 is 0 Å². The molecule has 0 aromatic rings. The van der Waals surface area contributed by atoms with Gasteiger partial charge in [0.15, 0.2) is 0 Å². The van der Waals surface area contributed by atoms with Gasteiger partial charge in [-0.25, -0.2) is 0 Å². The number of ether oxygens (including phenoxy) is 2. The topological polar surface area (TPSA) is 18.5 Å². The van der Waals surface area contributed by atoms with Crippen LogP contribution in [-0.2, 0) is 9.47 Å². The third kappa shape index (κ3) is 0.879. The molecular weight excluding hydrogens is 128 g/mol. The zero-order chi connectivity index (χ0) is 6.97. The van der Waals surface area contributed by atoms with Crippen LogP contribution in [0.1, 0.15) is 6.92 Å². The molecule has 56 valence electrons. The van der Waals surface area contributed by atoms with E-state index in [4.69, 9.17) is 9.47 Å². The second-order valence-electron chi connectivity index (χ2n) is 2.94. The average Bonchev–Trinajstić information content (AvgIpc) is 2.36. The van der Waals surface area contributed by atoms with Crippen molar-refractivity contribution in [2.24, 2.45) is 5.92 Å². The molecule has 0 N–H and O–H groups in total. The fourth-order valence-electron chi connectivity index (χ4n) is 1.59. The van der Waals surface area contributed by atoms with Crippen molar-refractivity contribution < 1.29 is 9.47 Å². The monoisotopic (exact) mass is 140 g/mol. The fourth-order valence-corrected chi connectivity index (χ4v) is 1.59. The van der Waals surface area contributed by atoms with Gasteiger partial charge < -0.3 is 9.47 Å². The third-order valence-electron chi connectivity index (χ3n) is 2.31. The van der Waals surface area contributed by atoms with Crippen LogP contribution < -0.4 is 0 Å². The highest BCUT2D eigenvalue weighted by Crippen LogP contribution is 2.27. The van der Waals surface area contributed by atoms with E-state index in [9.17, 15) is 0 Å². The van der Waals surface area contributed by atoms with Gasteiger partial charge >= 0.3 is 0 Å². The van der Waals surface area contributed by atoms with Crippen LogP contribution in [0.3, 0.4) is 0 Å². The van der Waals surface area contributed by atoms with Crippen molar-refractivity contribution in [2.45, 2.75) is 13.0 Å². The van der Waals surface area contributed by atoms with E-state index in [1.165, 1.54) is 5.57 Å². The van der Waals surface area contributed by atoms with Crippen LogP contribution in [0, 0.1) is 5.92 Å². The van der Waals surface area contributed by atoms with Gasteiger partial charge in [-0.2, -0.15) is 0 Å². The molecule has 10 heavy (non-hydrogen) atoms. The zero-order valence-electron chi connectivity index (χ0n) is 6.17. The molecule has 0 aromatic carbocycles. The Kier molecular flexibility index (Phi) is 1.51. The Morgan fingerprint density at radius 3 is 3.30 bits per heavy atom. The summed E-state index contributed by atoms with van der Waals surface area (Å²) in [7, 11) is 0. The number of fused-ring (bicyclic) bond motifs is 1. The van der Waals surface area contributed by atoms with Crippen LogP contribution in [0.5, 0.6) is 0 Å². The molecular formula is C8H12O2. The smallest absolute Gasteiger partial charge is 0.0682 e. The van der Waals surface area contributed by atoms with Gasteiger partial charge in [0.2, 0.25) is 0 Å². The van der Waals surface area contributed by atoms with Gasteiger partial charge in [0.05, 0.1) is 25.9 Å². The summed E-state index contributed by atoms with van der Waals surface area (Å²) < 4.78 is 10.7. The van der Waals surface area contributed by atoms with E-state index in [1.807, 2.05) is 0 Å². The van der Waals surface area contributed by atoms with E-state index < -0.39 is 0 Å². The molecule has 2 atom stereocenters. The van der Waals surface area contributed by atoms with Crippen molar-refractivity contribution in [1.82, 2.24) is 0 Å². The molecule has 2 heterocycles. The Morgan fingerprint density at radius 2 is 2.50 bits per heavy atom. The molecule has 2 heteroatoms. The normalized spacial score (nSPS) is 39.1. The van der Waals surface area contributed by atoms with Crippen LogP contribution in [0.25, 0.3) is 0 Å². The van der Waals surface area contributed by atoms with Crippen molar-refractivity contribution in [3.05, 3.63) is 11.6 Å². The maximum absolute atomic E-state index is 5.44. The highest BCUT2D eigenvalue weighted by Gasteiger charge is 2.29. The highest BCUT2D eigenvalue weighted by molar-refractivity contribution is 5.15. The molecule has 0 unspecified atom stereocenters. The first-order valence-corrected chi connectivity index (χ1v) is 3.76. The summed E-state index contributed by atoms with van der Waals surface area (Å²) in [6.07, 6.45) is 2.51. The lowest BCUT2D eigenvalue weighted by Crippen LogP contribution is -2.26. The first-order valence-electron chi connectivity index (χ1n) is 3.76. The van der Waals surface area contributed by atoms with Crippen molar-refractivity contribution in [1.29, 1.82) is 0 Å². The van der Waals surface area contributed by atoms with Crippen LogP contribution in [0.4, 0.5) is 0 Å². The number of hydrogen-bond donors (Lipinski definition) is 0. The molecule has 1 fully saturated rings. The molecule has 0 aromatic heterocycles. The second-order valence-corrected chi connectivity index (χ2v) is 2.94. The standard InChI is InChI=1S/C8H12O2/c1-6-8-5-9-4-7(8)2-3-10-6/h2,6,8H,3-5H2,1H3/t6-,8+/m1/s1. The second kappa shape index (κ2) is 2.36. The number of hydrogen-bond acceptors (Lipinski definition) is 2. The van der Waals surface area contributed by atoms with Gasteiger partial charge in [-0.3, -0.25) is 0 Å². The highest BCUT2D eigenvalue weighted by atomic mass is 16.5. The van der Waals surface area contributed by atoms with E-state index in [2.05, 4.69) is 13.0 Å². The van der Waals surface area contributed by atoms with E-state index in [0.717, 1.165) is 19.8 Å². The summed E-state index contributed by atoms with van der Waals surface area (Å²) in [5, 5.41) is 0. The lowest BCUT2D eigenvalue weighted by atomic mass is 9.95. The lowest BCUT2D eigenvalue weighted by molar-refractivity contribution is 0.0354. The van der Waals surface area contributed by atoms with Gasteiger partial charge in [0, 0.05) is 5.92 Å². The summed E-state index contributed by atoms with van der Waals surface area (Å²) in [5.74, 6) is 0.550. The van der Waals surface area contributed by atoms with Crippen molar-refractivity contribution in [3.8, 4) is 0 Å². The molecule has 0 radical (unpaired) electrons. The molecule has 2 aliphatic rings. The first-order chi connectivity index (χ1) is 4.88. The molecule has 2 nitrogen and oxygen atoms in total. The minimum atomic E-state index is 0.363. The lowest BCUT2D eigenvalue weighted by Gasteiger charge is -2.23. The summed E-state index contributed by atoms with van der Waals surface area (Å²) in [4.78, 5) is 0. The zero-order valence-corrected chi connectivity index (χ0v) is 6.17. The predicted octanol–water partition coefficient (Wildman–Crippen LogP) is 0.978. The summed E-state index contributed by atoms with van der Waals surface area (Å²) >= 11 is 0. The molecule has 0 amide bonds. The van der Waals surface area contributed by atoms with Crippen LogP contribution in [-0.4, -0.2) is 25.9 Å².